The first-order chi connectivity index (χ1) is 10.4. The van der Waals surface area contributed by atoms with Crippen molar-refractivity contribution in [3.8, 4) is 0 Å². The van der Waals surface area contributed by atoms with Crippen molar-refractivity contribution in [3.05, 3.63) is 0 Å². The van der Waals surface area contributed by atoms with Crippen LogP contribution in [0.4, 0.5) is 0 Å². The van der Waals surface area contributed by atoms with Crippen molar-refractivity contribution < 1.29 is 15.0 Å². The predicted molar refractivity (Wildman–Crippen MR) is 84.3 cm³/mol. The average Bonchev–Trinajstić information content (AvgIpc) is 3.04. The second-order valence-electron chi connectivity index (χ2n) is 6.70. The molecular weight excluding hydrogens is 284 g/mol. The number of likely N-dealkylation sites (tertiary alicyclic amines) is 2. The Balaban J connectivity index is 2.01. The van der Waals surface area contributed by atoms with Crippen LogP contribution in [0.1, 0.15) is 19.8 Å². The fraction of sp³-hybridized carbons (Fsp3) is 0.933. The van der Waals surface area contributed by atoms with Crippen molar-refractivity contribution in [2.75, 3.05) is 46.8 Å². The standard InChI is InChI=1S/C15H30N4O3/c1-11(20)16-8-12-15(22)13(21)9-19(12)10-14(17(2)3)18-6-4-5-7-18/h12-15,21-22H,4-10H2,1-3H3,(H,16,20)/t12-,13+,14?,15-/m1/s1. The van der Waals surface area contributed by atoms with Gasteiger partial charge >= 0.3 is 0 Å². The summed E-state index contributed by atoms with van der Waals surface area (Å²) in [6.45, 7) is 5.23. The van der Waals surface area contributed by atoms with Crippen LogP contribution in [0, 0.1) is 0 Å². The molecular formula is C15H30N4O3. The van der Waals surface area contributed by atoms with Crippen LogP contribution in [0.3, 0.4) is 0 Å². The first-order valence-electron chi connectivity index (χ1n) is 8.15. The number of carbonyl (C=O) groups excluding carboxylic acids is 1. The highest BCUT2D eigenvalue weighted by Gasteiger charge is 2.41. The van der Waals surface area contributed by atoms with Gasteiger partial charge in [-0.1, -0.05) is 0 Å². The van der Waals surface area contributed by atoms with Crippen molar-refractivity contribution in [2.24, 2.45) is 0 Å². The molecule has 7 nitrogen and oxygen atoms in total. The quantitative estimate of drug-likeness (QED) is 0.554. The molecule has 4 atom stereocenters. The number of aliphatic hydroxyl groups is 2. The molecule has 7 heteroatoms. The highest BCUT2D eigenvalue weighted by atomic mass is 16.3. The number of nitrogens with zero attached hydrogens (tertiary/aromatic N) is 3. The number of rotatable bonds is 6. The van der Waals surface area contributed by atoms with Gasteiger partial charge in [-0.15, -0.1) is 0 Å². The third-order valence-electron chi connectivity index (χ3n) is 4.80. The fourth-order valence-electron chi connectivity index (χ4n) is 3.52. The number of hydrogen-bond acceptors (Lipinski definition) is 6. The molecule has 0 bridgehead atoms. The third kappa shape index (κ3) is 4.17. The number of nitrogens with one attached hydrogen (secondary N) is 1. The maximum atomic E-state index is 11.1. The van der Waals surface area contributed by atoms with Gasteiger partial charge in [0.05, 0.1) is 24.4 Å². The lowest BCUT2D eigenvalue weighted by Gasteiger charge is -2.37. The Kier molecular flexibility index (Phi) is 6.17. The number of β-amino-alcohol motifs (C(OH)–C–C–N with tert-alkyl or cyclic N) is 1. The molecule has 22 heavy (non-hydrogen) atoms. The molecule has 0 radical (unpaired) electrons. The molecule has 0 aromatic carbocycles. The number of likely N-dealkylation sites (N-methyl/N-ethyl adjacent to an activating group) is 1. The van der Waals surface area contributed by atoms with Crippen LogP contribution >= 0.6 is 0 Å². The number of aliphatic hydroxyl groups excluding tert-OH is 2. The topological polar surface area (TPSA) is 79.3 Å². The minimum Gasteiger partial charge on any atom is -0.389 e. The van der Waals surface area contributed by atoms with Crippen LogP contribution in [0.2, 0.25) is 0 Å². The summed E-state index contributed by atoms with van der Waals surface area (Å²) < 4.78 is 0. The lowest BCUT2D eigenvalue weighted by molar-refractivity contribution is -0.119. The van der Waals surface area contributed by atoms with E-state index in [1.807, 2.05) is 0 Å². The molecule has 2 fully saturated rings. The van der Waals surface area contributed by atoms with E-state index in [1.54, 1.807) is 0 Å². The van der Waals surface area contributed by atoms with Gasteiger partial charge in [-0.3, -0.25) is 19.5 Å². The summed E-state index contributed by atoms with van der Waals surface area (Å²) in [5, 5.41) is 22.9. The number of amides is 1. The van der Waals surface area contributed by atoms with E-state index in [0.717, 1.165) is 19.6 Å². The van der Waals surface area contributed by atoms with Crippen LogP contribution in [-0.2, 0) is 4.79 Å². The van der Waals surface area contributed by atoms with Gasteiger partial charge in [0.25, 0.3) is 0 Å². The molecule has 0 aromatic heterocycles. The van der Waals surface area contributed by atoms with E-state index < -0.39 is 12.2 Å². The fourth-order valence-corrected chi connectivity index (χ4v) is 3.52. The average molecular weight is 314 g/mol. The van der Waals surface area contributed by atoms with Gasteiger partial charge in [0.15, 0.2) is 0 Å². The van der Waals surface area contributed by atoms with Crippen LogP contribution in [0.25, 0.3) is 0 Å². The van der Waals surface area contributed by atoms with Crippen molar-refractivity contribution in [3.63, 3.8) is 0 Å². The first-order valence-corrected chi connectivity index (χ1v) is 8.15. The minimum absolute atomic E-state index is 0.114. The maximum absolute atomic E-state index is 11.1. The Hall–Kier alpha value is -0.730. The van der Waals surface area contributed by atoms with Gasteiger partial charge in [-0.2, -0.15) is 0 Å². The highest BCUT2D eigenvalue weighted by molar-refractivity contribution is 5.72. The third-order valence-corrected chi connectivity index (χ3v) is 4.80. The lowest BCUT2D eigenvalue weighted by Crippen LogP contribution is -2.54. The molecule has 2 aliphatic heterocycles. The highest BCUT2D eigenvalue weighted by Crippen LogP contribution is 2.21. The van der Waals surface area contributed by atoms with Gasteiger partial charge in [0.1, 0.15) is 0 Å². The summed E-state index contributed by atoms with van der Waals surface area (Å²) in [5.74, 6) is -0.114. The zero-order valence-corrected chi connectivity index (χ0v) is 13.9. The molecule has 0 aromatic rings. The smallest absolute Gasteiger partial charge is 0.216 e. The minimum atomic E-state index is -0.812. The van der Waals surface area contributed by atoms with Crippen LogP contribution in [0.5, 0.6) is 0 Å². The summed E-state index contributed by atoms with van der Waals surface area (Å²) in [4.78, 5) is 17.9. The van der Waals surface area contributed by atoms with E-state index in [0.29, 0.717) is 13.1 Å². The Morgan fingerprint density at radius 2 is 1.95 bits per heavy atom. The zero-order valence-electron chi connectivity index (χ0n) is 13.9. The number of carbonyl (C=O) groups is 1. The predicted octanol–water partition coefficient (Wildman–Crippen LogP) is -1.49. The van der Waals surface area contributed by atoms with E-state index in [-0.39, 0.29) is 18.1 Å². The van der Waals surface area contributed by atoms with Crippen LogP contribution in [0.15, 0.2) is 0 Å². The van der Waals surface area contributed by atoms with E-state index in [1.165, 1.54) is 19.8 Å². The molecule has 2 heterocycles. The zero-order chi connectivity index (χ0) is 16.3. The van der Waals surface area contributed by atoms with E-state index in [2.05, 4.69) is 34.1 Å². The molecule has 2 saturated heterocycles. The molecule has 3 N–H and O–H groups in total. The van der Waals surface area contributed by atoms with Gasteiger partial charge in [-0.05, 0) is 40.0 Å². The number of hydrogen-bond donors (Lipinski definition) is 3. The Morgan fingerprint density at radius 3 is 2.50 bits per heavy atom. The van der Waals surface area contributed by atoms with Gasteiger partial charge in [0.2, 0.25) is 5.91 Å². The summed E-state index contributed by atoms with van der Waals surface area (Å²) in [7, 11) is 4.13. The lowest BCUT2D eigenvalue weighted by atomic mass is 10.1. The molecule has 0 spiro atoms. The summed E-state index contributed by atoms with van der Waals surface area (Å²) in [6, 6.07) is -0.232. The second kappa shape index (κ2) is 7.70. The maximum Gasteiger partial charge on any atom is 0.216 e. The van der Waals surface area contributed by atoms with Gasteiger partial charge in [0, 0.05) is 26.6 Å². The Bertz CT molecular complexity index is 374. The Morgan fingerprint density at radius 1 is 1.32 bits per heavy atom. The van der Waals surface area contributed by atoms with Crippen LogP contribution in [-0.4, -0.2) is 102 Å². The van der Waals surface area contributed by atoms with Gasteiger partial charge in [-0.25, -0.2) is 0 Å². The molecule has 0 saturated carbocycles. The van der Waals surface area contributed by atoms with Gasteiger partial charge < -0.3 is 15.5 Å². The van der Waals surface area contributed by atoms with Crippen molar-refractivity contribution >= 4 is 5.91 Å². The monoisotopic (exact) mass is 314 g/mol. The molecule has 0 aliphatic carbocycles. The van der Waals surface area contributed by atoms with Crippen molar-refractivity contribution in [2.45, 2.75) is 44.2 Å². The second-order valence-corrected chi connectivity index (χ2v) is 6.70. The van der Waals surface area contributed by atoms with E-state index >= 15 is 0 Å². The van der Waals surface area contributed by atoms with Crippen molar-refractivity contribution in [1.29, 1.82) is 0 Å². The molecule has 1 unspecified atom stereocenters. The molecule has 1 amide bonds. The molecule has 128 valence electrons. The Labute approximate surface area is 132 Å². The van der Waals surface area contributed by atoms with E-state index in [4.69, 9.17) is 0 Å². The summed E-state index contributed by atoms with van der Waals surface area (Å²) >= 11 is 0. The SMILES string of the molecule is CC(=O)NC[C@@H]1[C@@H](O)[C@@H](O)CN1CC(N(C)C)N1CCCC1. The summed E-state index contributed by atoms with van der Waals surface area (Å²) in [6.07, 6.45) is 1.16. The molecule has 2 rings (SSSR count). The van der Waals surface area contributed by atoms with E-state index in [9.17, 15) is 15.0 Å². The first kappa shape index (κ1) is 17.6. The molecule has 2 aliphatic rings. The van der Waals surface area contributed by atoms with Crippen molar-refractivity contribution in [1.82, 2.24) is 20.0 Å². The largest absolute Gasteiger partial charge is 0.389 e. The normalized spacial score (nSPS) is 31.8. The van der Waals surface area contributed by atoms with Crippen LogP contribution < -0.4 is 5.32 Å². The summed E-state index contributed by atoms with van der Waals surface area (Å²) in [5.41, 5.74) is 0.